The maximum absolute atomic E-state index is 13.4. The molecule has 0 radical (unpaired) electrons. The lowest BCUT2D eigenvalue weighted by molar-refractivity contribution is -0.122. The molecule has 1 N–H and O–H groups in total. The van der Waals surface area contributed by atoms with Crippen molar-refractivity contribution in [2.24, 2.45) is 0 Å². The summed E-state index contributed by atoms with van der Waals surface area (Å²) in [5.74, 6) is 0.103. The Morgan fingerprint density at radius 1 is 0.767 bits per heavy atom. The Labute approximate surface area is 254 Å². The number of anilines is 1. The van der Waals surface area contributed by atoms with E-state index in [0.29, 0.717) is 52.3 Å². The SMILES string of the molecule is CCOc1cc(COc2ccccc2/C=C2\C(=O)NC(=O)N(c3cc(Cl)ccc3C)C2=O)ccc1OCc1ccccc1. The zero-order valence-electron chi connectivity index (χ0n) is 23.6. The number of hydrogen-bond donors (Lipinski definition) is 1. The summed E-state index contributed by atoms with van der Waals surface area (Å²) in [4.78, 5) is 39.8. The summed E-state index contributed by atoms with van der Waals surface area (Å²) in [5, 5.41) is 2.60. The third-order valence-electron chi connectivity index (χ3n) is 6.67. The summed E-state index contributed by atoms with van der Waals surface area (Å²) < 4.78 is 17.9. The number of aryl methyl sites for hydroxylation is 1. The van der Waals surface area contributed by atoms with Gasteiger partial charge in [0.15, 0.2) is 11.5 Å². The van der Waals surface area contributed by atoms with Gasteiger partial charge in [-0.1, -0.05) is 72.3 Å². The zero-order chi connectivity index (χ0) is 30.3. The third-order valence-corrected chi connectivity index (χ3v) is 6.91. The van der Waals surface area contributed by atoms with Gasteiger partial charge in [-0.05, 0) is 66.9 Å². The van der Waals surface area contributed by atoms with Crippen molar-refractivity contribution in [2.45, 2.75) is 27.1 Å². The molecule has 4 aromatic rings. The van der Waals surface area contributed by atoms with Crippen LogP contribution in [0.4, 0.5) is 10.5 Å². The molecule has 4 aromatic carbocycles. The van der Waals surface area contributed by atoms with E-state index in [9.17, 15) is 14.4 Å². The van der Waals surface area contributed by atoms with Crippen molar-refractivity contribution in [3.63, 3.8) is 0 Å². The van der Waals surface area contributed by atoms with Crippen molar-refractivity contribution < 1.29 is 28.6 Å². The van der Waals surface area contributed by atoms with Crippen LogP contribution in [0.2, 0.25) is 5.02 Å². The molecule has 1 fully saturated rings. The van der Waals surface area contributed by atoms with Crippen LogP contribution in [0.25, 0.3) is 6.08 Å². The Kier molecular flexibility index (Phi) is 9.08. The van der Waals surface area contributed by atoms with Gasteiger partial charge in [0.05, 0.1) is 12.3 Å². The number of hydrogen-bond acceptors (Lipinski definition) is 6. The Hall–Kier alpha value is -5.08. The number of urea groups is 1. The summed E-state index contributed by atoms with van der Waals surface area (Å²) in [6.45, 7) is 4.70. The van der Waals surface area contributed by atoms with Crippen molar-refractivity contribution >= 4 is 41.2 Å². The molecule has 1 saturated heterocycles. The number of ether oxygens (including phenoxy) is 3. The van der Waals surface area contributed by atoms with Crippen molar-refractivity contribution in [2.75, 3.05) is 11.5 Å². The zero-order valence-corrected chi connectivity index (χ0v) is 24.4. The molecule has 43 heavy (non-hydrogen) atoms. The molecule has 8 nitrogen and oxygen atoms in total. The number of carbonyl (C=O) groups is 3. The van der Waals surface area contributed by atoms with Crippen molar-refractivity contribution in [3.8, 4) is 17.2 Å². The predicted molar refractivity (Wildman–Crippen MR) is 164 cm³/mol. The van der Waals surface area contributed by atoms with E-state index in [1.165, 1.54) is 12.1 Å². The third kappa shape index (κ3) is 6.88. The minimum Gasteiger partial charge on any atom is -0.490 e. The highest BCUT2D eigenvalue weighted by molar-refractivity contribution is 6.39. The number of barbiturate groups is 1. The van der Waals surface area contributed by atoms with E-state index in [0.717, 1.165) is 16.0 Å². The highest BCUT2D eigenvalue weighted by Crippen LogP contribution is 2.32. The standard InChI is InChI=1S/C34H29ClN2O6/c1-3-41-31-17-24(14-16-30(31)43-20-23-9-5-4-6-10-23)21-42-29-12-8-7-11-25(29)18-27-32(38)36-34(40)37(33(27)39)28-19-26(35)15-13-22(28)2/h4-19H,3,20-21H2,1-2H3,(H,36,38,40)/b27-18+. The fourth-order valence-electron chi connectivity index (χ4n) is 4.51. The van der Waals surface area contributed by atoms with Crippen LogP contribution >= 0.6 is 11.6 Å². The normalized spacial score (nSPS) is 14.1. The summed E-state index contributed by atoms with van der Waals surface area (Å²) >= 11 is 6.13. The quantitative estimate of drug-likeness (QED) is 0.159. The first-order chi connectivity index (χ1) is 20.8. The number of nitrogens with one attached hydrogen (secondary N) is 1. The van der Waals surface area contributed by atoms with Crippen LogP contribution < -0.4 is 24.4 Å². The first-order valence-electron chi connectivity index (χ1n) is 13.7. The van der Waals surface area contributed by atoms with Crippen molar-refractivity contribution in [1.29, 1.82) is 0 Å². The summed E-state index contributed by atoms with van der Waals surface area (Å²) in [5.41, 5.74) is 3.09. The van der Waals surface area contributed by atoms with Crippen LogP contribution in [0.3, 0.4) is 0 Å². The fourth-order valence-corrected chi connectivity index (χ4v) is 4.68. The first kappa shape index (κ1) is 29.4. The van der Waals surface area contributed by atoms with Gasteiger partial charge in [-0.25, -0.2) is 9.69 Å². The summed E-state index contributed by atoms with van der Waals surface area (Å²) in [6, 6.07) is 26.5. The average molecular weight is 597 g/mol. The number of rotatable bonds is 10. The van der Waals surface area contributed by atoms with E-state index < -0.39 is 17.8 Å². The lowest BCUT2D eigenvalue weighted by Gasteiger charge is -2.27. The molecule has 4 amide bonds. The van der Waals surface area contributed by atoms with Crippen LogP contribution in [0.15, 0.2) is 96.6 Å². The molecule has 0 spiro atoms. The van der Waals surface area contributed by atoms with Crippen LogP contribution in [-0.4, -0.2) is 24.5 Å². The molecule has 1 aliphatic rings. The van der Waals surface area contributed by atoms with Crippen LogP contribution in [0, 0.1) is 6.92 Å². The Morgan fingerprint density at radius 2 is 1.49 bits per heavy atom. The van der Waals surface area contributed by atoms with Gasteiger partial charge in [-0.3, -0.25) is 14.9 Å². The molecule has 5 rings (SSSR count). The van der Waals surface area contributed by atoms with E-state index in [1.807, 2.05) is 55.5 Å². The van der Waals surface area contributed by atoms with E-state index in [4.69, 9.17) is 25.8 Å². The molecule has 0 aliphatic carbocycles. The Morgan fingerprint density at radius 3 is 2.28 bits per heavy atom. The Bertz CT molecular complexity index is 1700. The van der Waals surface area contributed by atoms with Gasteiger partial charge in [0, 0.05) is 10.6 Å². The first-order valence-corrected chi connectivity index (χ1v) is 14.0. The minimum absolute atomic E-state index is 0.186. The van der Waals surface area contributed by atoms with Crippen molar-refractivity contribution in [3.05, 3.63) is 124 Å². The second kappa shape index (κ2) is 13.3. The fraction of sp³-hybridized carbons (Fsp3) is 0.147. The second-order valence-electron chi connectivity index (χ2n) is 9.70. The van der Waals surface area contributed by atoms with Gasteiger partial charge < -0.3 is 14.2 Å². The summed E-state index contributed by atoms with van der Waals surface area (Å²) in [7, 11) is 0. The molecule has 0 atom stereocenters. The van der Waals surface area contributed by atoms with Gasteiger partial charge in [0.2, 0.25) is 0 Å². The molecule has 218 valence electrons. The monoisotopic (exact) mass is 596 g/mol. The van der Waals surface area contributed by atoms with Gasteiger partial charge in [0.25, 0.3) is 11.8 Å². The molecule has 1 aliphatic heterocycles. The highest BCUT2D eigenvalue weighted by atomic mass is 35.5. The predicted octanol–water partition coefficient (Wildman–Crippen LogP) is 6.87. The van der Waals surface area contributed by atoms with Gasteiger partial charge in [-0.2, -0.15) is 0 Å². The van der Waals surface area contributed by atoms with Crippen molar-refractivity contribution in [1.82, 2.24) is 5.32 Å². The molecule has 1 heterocycles. The number of benzene rings is 4. The number of amides is 4. The highest BCUT2D eigenvalue weighted by Gasteiger charge is 2.37. The van der Waals surface area contributed by atoms with Crippen LogP contribution in [0.5, 0.6) is 17.2 Å². The van der Waals surface area contributed by atoms with E-state index in [-0.39, 0.29) is 12.2 Å². The lowest BCUT2D eigenvalue weighted by Crippen LogP contribution is -2.54. The van der Waals surface area contributed by atoms with Gasteiger partial charge >= 0.3 is 6.03 Å². The van der Waals surface area contributed by atoms with E-state index in [1.54, 1.807) is 43.3 Å². The second-order valence-corrected chi connectivity index (χ2v) is 10.1. The maximum atomic E-state index is 13.4. The number of imide groups is 2. The number of halogens is 1. The van der Waals surface area contributed by atoms with Crippen LogP contribution in [-0.2, 0) is 22.8 Å². The number of carbonyl (C=O) groups excluding carboxylic acids is 3. The lowest BCUT2D eigenvalue weighted by atomic mass is 10.0. The molecular weight excluding hydrogens is 568 g/mol. The topological polar surface area (TPSA) is 94.2 Å². The number of para-hydroxylation sites is 1. The maximum Gasteiger partial charge on any atom is 0.335 e. The smallest absolute Gasteiger partial charge is 0.335 e. The average Bonchev–Trinajstić information content (AvgIpc) is 3.00. The van der Waals surface area contributed by atoms with Gasteiger partial charge in [-0.15, -0.1) is 0 Å². The number of nitrogens with zero attached hydrogens (tertiary/aromatic N) is 1. The molecule has 9 heteroatoms. The van der Waals surface area contributed by atoms with Gasteiger partial charge in [0.1, 0.15) is 24.5 Å². The molecule has 0 bridgehead atoms. The van der Waals surface area contributed by atoms with E-state index >= 15 is 0 Å². The largest absolute Gasteiger partial charge is 0.490 e. The molecule has 0 aromatic heterocycles. The minimum atomic E-state index is -0.844. The molecule has 0 unspecified atom stereocenters. The molecule has 0 saturated carbocycles. The Balaban J connectivity index is 1.36. The summed E-state index contributed by atoms with van der Waals surface area (Å²) in [6.07, 6.45) is 1.42. The van der Waals surface area contributed by atoms with Crippen LogP contribution in [0.1, 0.15) is 29.2 Å². The van der Waals surface area contributed by atoms with E-state index in [2.05, 4.69) is 5.32 Å². The molecular formula is C34H29ClN2O6.